The molecule has 0 bridgehead atoms. The Morgan fingerprint density at radius 2 is 2.04 bits per heavy atom. The van der Waals surface area contributed by atoms with Crippen LogP contribution in [0.25, 0.3) is 0 Å². The molecule has 1 N–H and O–H groups in total. The Kier molecular flexibility index (Phi) is 6.82. The van der Waals surface area contributed by atoms with E-state index in [9.17, 15) is 9.18 Å². The van der Waals surface area contributed by atoms with Gasteiger partial charge in [0.2, 0.25) is 0 Å². The van der Waals surface area contributed by atoms with E-state index in [1.807, 2.05) is 20.8 Å². The van der Waals surface area contributed by atoms with Crippen LogP contribution >= 0.6 is 11.6 Å². The van der Waals surface area contributed by atoms with Gasteiger partial charge in [-0.15, -0.1) is 0 Å². The summed E-state index contributed by atoms with van der Waals surface area (Å²) in [6.45, 7) is 6.97. The first-order valence-electron chi connectivity index (χ1n) is 7.98. The molecule has 0 atom stereocenters. The molecule has 3 rings (SSSR count). The van der Waals surface area contributed by atoms with Gasteiger partial charge in [-0.1, -0.05) is 11.6 Å². The van der Waals surface area contributed by atoms with E-state index in [-0.39, 0.29) is 43.8 Å². The van der Waals surface area contributed by atoms with Gasteiger partial charge in [-0.2, -0.15) is 5.10 Å². The molecule has 2 aromatic rings. The molecule has 0 radical (unpaired) electrons. The SMILES string of the molecule is CC(C)(C)OC(=O)N1CCn2nc(Nc3ccc(Cl)cc3F)cc2C1.[Ar]. The summed E-state index contributed by atoms with van der Waals surface area (Å²) in [5, 5.41) is 7.68. The number of ether oxygens (including phenoxy) is 1. The Morgan fingerprint density at radius 3 is 2.69 bits per heavy atom. The van der Waals surface area contributed by atoms with Crippen LogP contribution in [0.2, 0.25) is 5.02 Å². The number of anilines is 2. The van der Waals surface area contributed by atoms with Gasteiger partial charge in [-0.25, -0.2) is 9.18 Å². The third-order valence-corrected chi connectivity index (χ3v) is 3.88. The largest absolute Gasteiger partial charge is 0.444 e. The monoisotopic (exact) mass is 406 g/mol. The van der Waals surface area contributed by atoms with Gasteiger partial charge < -0.3 is 15.0 Å². The molecule has 1 aliphatic rings. The van der Waals surface area contributed by atoms with E-state index in [4.69, 9.17) is 16.3 Å². The molecular formula is C17H20ArClFN4O2. The van der Waals surface area contributed by atoms with Gasteiger partial charge in [-0.3, -0.25) is 4.68 Å². The third kappa shape index (κ3) is 5.25. The molecule has 142 valence electrons. The number of carbonyl (C=O) groups excluding carboxylic acids is 1. The standard InChI is InChI=1S/C17H20ClFN4O2.Ar/c1-17(2,3)25-16(24)22-6-7-23-12(10-22)9-15(21-23)20-14-5-4-11(18)8-13(14)19;/h4-5,8-9H,6-7,10H2,1-3H3,(H,20,21);. The normalized spacial score (nSPS) is 13.7. The van der Waals surface area contributed by atoms with Gasteiger partial charge in [0.15, 0.2) is 5.82 Å². The van der Waals surface area contributed by atoms with Crippen molar-refractivity contribution in [1.29, 1.82) is 0 Å². The third-order valence-electron chi connectivity index (χ3n) is 3.64. The number of aromatic nitrogens is 2. The molecule has 1 amide bonds. The fourth-order valence-corrected chi connectivity index (χ4v) is 2.70. The van der Waals surface area contributed by atoms with E-state index in [0.717, 1.165) is 5.69 Å². The Hall–Kier alpha value is -1.02. The Balaban J connectivity index is 0.00000243. The van der Waals surface area contributed by atoms with Crippen molar-refractivity contribution in [3.63, 3.8) is 0 Å². The van der Waals surface area contributed by atoms with Gasteiger partial charge in [0.1, 0.15) is 11.4 Å². The van der Waals surface area contributed by atoms with Crippen LogP contribution < -0.4 is 5.32 Å². The van der Waals surface area contributed by atoms with Crippen molar-refractivity contribution in [1.82, 2.24) is 14.7 Å². The maximum absolute atomic E-state index is 13.9. The molecule has 0 aliphatic carbocycles. The Morgan fingerprint density at radius 1 is 1.31 bits per heavy atom. The molecule has 0 unspecified atom stereocenters. The predicted octanol–water partition coefficient (Wildman–Crippen LogP) is 4.17. The number of rotatable bonds is 2. The molecule has 1 aliphatic heterocycles. The number of halogens is 2. The van der Waals surface area contributed by atoms with Gasteiger partial charge in [0, 0.05) is 55.4 Å². The summed E-state index contributed by atoms with van der Waals surface area (Å²) in [5.74, 6) is 0.0658. The molecule has 1 aromatic carbocycles. The molecule has 9 heteroatoms. The van der Waals surface area contributed by atoms with Crippen LogP contribution in [0.3, 0.4) is 0 Å². The van der Waals surface area contributed by atoms with Crippen LogP contribution in [0.4, 0.5) is 20.7 Å². The molecular weight excluding hydrogens is 387 g/mol. The van der Waals surface area contributed by atoms with Gasteiger partial charge in [0.25, 0.3) is 0 Å². The first-order chi connectivity index (χ1) is 11.7. The summed E-state index contributed by atoms with van der Waals surface area (Å²) in [7, 11) is 0. The van der Waals surface area contributed by atoms with Crippen LogP contribution in [0, 0.1) is 43.6 Å². The smallest absolute Gasteiger partial charge is 0.410 e. The number of benzene rings is 1. The zero-order chi connectivity index (χ0) is 18.2. The molecule has 0 saturated carbocycles. The minimum Gasteiger partial charge on any atom is -0.444 e. The fourth-order valence-electron chi connectivity index (χ4n) is 2.54. The minimum absolute atomic E-state index is 0. The second kappa shape index (κ2) is 8.33. The van der Waals surface area contributed by atoms with E-state index in [0.29, 0.717) is 36.2 Å². The first kappa shape index (κ1) is 21.3. The van der Waals surface area contributed by atoms with Crippen molar-refractivity contribution >= 4 is 29.2 Å². The summed E-state index contributed by atoms with van der Waals surface area (Å²) in [6.07, 6.45) is -0.349. The van der Waals surface area contributed by atoms with Crippen molar-refractivity contribution in [2.75, 3.05) is 11.9 Å². The van der Waals surface area contributed by atoms with Crippen molar-refractivity contribution < 1.29 is 51.7 Å². The number of fused-ring (bicyclic) bond motifs is 1. The number of nitrogens with one attached hydrogen (secondary N) is 1. The quantitative estimate of drug-likeness (QED) is 0.813. The molecule has 1 aromatic heterocycles. The van der Waals surface area contributed by atoms with Crippen LogP contribution in [-0.4, -0.2) is 32.9 Å². The summed E-state index contributed by atoms with van der Waals surface area (Å²) < 4.78 is 21.1. The maximum atomic E-state index is 13.9. The Bertz CT molecular complexity index is 807. The average molecular weight is 407 g/mol. The van der Waals surface area contributed by atoms with Crippen LogP contribution in [0.1, 0.15) is 26.5 Å². The summed E-state index contributed by atoms with van der Waals surface area (Å²) in [6, 6.07) is 6.20. The number of carbonyl (C=O) groups is 1. The summed E-state index contributed by atoms with van der Waals surface area (Å²) in [5.41, 5.74) is 0.617. The average Bonchev–Trinajstić information content (AvgIpc) is 2.89. The van der Waals surface area contributed by atoms with E-state index in [2.05, 4.69) is 10.4 Å². The summed E-state index contributed by atoms with van der Waals surface area (Å²) >= 11 is 5.76. The fraction of sp³-hybridized carbons (Fsp3) is 0.412. The predicted molar refractivity (Wildman–Crippen MR) is 93.6 cm³/mol. The van der Waals surface area contributed by atoms with Crippen molar-refractivity contribution in [2.45, 2.75) is 39.5 Å². The van der Waals surface area contributed by atoms with Crippen LogP contribution in [0.15, 0.2) is 24.3 Å². The maximum Gasteiger partial charge on any atom is 0.410 e. The number of amides is 1. The second-order valence-electron chi connectivity index (χ2n) is 6.90. The van der Waals surface area contributed by atoms with E-state index < -0.39 is 11.4 Å². The molecule has 0 spiro atoms. The Labute approximate surface area is 186 Å². The number of nitrogens with zero attached hydrogens (tertiary/aromatic N) is 3. The molecule has 6 nitrogen and oxygen atoms in total. The zero-order valence-corrected chi connectivity index (χ0v) is 16.2. The number of hydrogen-bond donors (Lipinski definition) is 1. The summed E-state index contributed by atoms with van der Waals surface area (Å²) in [4.78, 5) is 13.8. The van der Waals surface area contributed by atoms with E-state index in [1.165, 1.54) is 6.07 Å². The van der Waals surface area contributed by atoms with Gasteiger partial charge >= 0.3 is 6.09 Å². The second-order valence-corrected chi connectivity index (χ2v) is 7.33. The minimum atomic E-state index is -0.534. The topological polar surface area (TPSA) is 59.4 Å². The zero-order valence-electron chi connectivity index (χ0n) is 14.7. The van der Waals surface area contributed by atoms with E-state index >= 15 is 0 Å². The van der Waals surface area contributed by atoms with Crippen molar-refractivity contribution in [2.24, 2.45) is 0 Å². The molecule has 0 saturated heterocycles. The van der Waals surface area contributed by atoms with Crippen LogP contribution in [0.5, 0.6) is 0 Å². The number of hydrogen-bond acceptors (Lipinski definition) is 4. The van der Waals surface area contributed by atoms with Crippen molar-refractivity contribution in [3.05, 3.63) is 40.8 Å². The molecule has 2 heterocycles. The van der Waals surface area contributed by atoms with E-state index in [1.54, 1.807) is 27.8 Å². The molecule has 0 fully saturated rings. The van der Waals surface area contributed by atoms with Gasteiger partial charge in [0.05, 0.1) is 24.5 Å². The van der Waals surface area contributed by atoms with Gasteiger partial charge in [-0.05, 0) is 39.0 Å². The first-order valence-corrected chi connectivity index (χ1v) is 8.36. The van der Waals surface area contributed by atoms with Crippen LogP contribution in [-0.2, 0) is 17.8 Å². The van der Waals surface area contributed by atoms with Crippen molar-refractivity contribution in [3.8, 4) is 0 Å². The molecule has 26 heavy (non-hydrogen) atoms.